The standard InChI is InChI=1S/C4H12NOSi/c1-3-6-7(2)4-5/h3-5H2,1-2H3. The van der Waals surface area contributed by atoms with Crippen molar-refractivity contribution in [1.29, 1.82) is 0 Å². The Balaban J connectivity index is 2.83. The van der Waals surface area contributed by atoms with Gasteiger partial charge in [0.2, 0.25) is 9.04 Å². The monoisotopic (exact) mass is 118 g/mol. The quantitative estimate of drug-likeness (QED) is 0.535. The lowest BCUT2D eigenvalue weighted by molar-refractivity contribution is 0.346. The lowest BCUT2D eigenvalue weighted by atomic mass is 10.9. The van der Waals surface area contributed by atoms with Gasteiger partial charge in [0.25, 0.3) is 0 Å². The molecule has 0 amide bonds. The highest BCUT2D eigenvalue weighted by Gasteiger charge is 1.97. The molecule has 0 aromatic heterocycles. The lowest BCUT2D eigenvalue weighted by Crippen LogP contribution is -2.24. The summed E-state index contributed by atoms with van der Waals surface area (Å²) in [6.07, 6.45) is 0.721. The Hall–Kier alpha value is 0.137. The Morgan fingerprint density at radius 2 is 2.29 bits per heavy atom. The molecule has 0 fully saturated rings. The Bertz CT molecular complexity index is 42.7. The first-order chi connectivity index (χ1) is 3.31. The van der Waals surface area contributed by atoms with Gasteiger partial charge >= 0.3 is 0 Å². The summed E-state index contributed by atoms with van der Waals surface area (Å²) in [5.41, 5.74) is 5.28. The van der Waals surface area contributed by atoms with Crippen molar-refractivity contribution in [3.8, 4) is 0 Å². The molecule has 1 radical (unpaired) electrons. The van der Waals surface area contributed by atoms with Crippen molar-refractivity contribution in [2.45, 2.75) is 13.5 Å². The van der Waals surface area contributed by atoms with Crippen molar-refractivity contribution >= 4 is 9.04 Å². The Kier molecular flexibility index (Phi) is 4.38. The zero-order valence-electron chi connectivity index (χ0n) is 4.90. The second-order valence-corrected chi connectivity index (χ2v) is 3.44. The lowest BCUT2D eigenvalue weighted by Gasteiger charge is -2.02. The average molecular weight is 118 g/mol. The smallest absolute Gasteiger partial charge is 0.222 e. The molecule has 0 saturated heterocycles. The molecule has 7 heavy (non-hydrogen) atoms. The third kappa shape index (κ3) is 3.98. The predicted octanol–water partition coefficient (Wildman–Crippen LogP) is 0.142. The summed E-state index contributed by atoms with van der Waals surface area (Å²) >= 11 is 0. The molecule has 0 heterocycles. The molecular weight excluding hydrogens is 106 g/mol. The summed E-state index contributed by atoms with van der Waals surface area (Å²) in [6, 6.07) is 0. The van der Waals surface area contributed by atoms with E-state index in [2.05, 4.69) is 6.55 Å². The molecule has 0 aliphatic heterocycles. The van der Waals surface area contributed by atoms with Gasteiger partial charge in [0.05, 0.1) is 0 Å². The average Bonchev–Trinajstić information content (AvgIpc) is 1.68. The maximum absolute atomic E-state index is 5.28. The highest BCUT2D eigenvalue weighted by molar-refractivity contribution is 6.50. The predicted molar refractivity (Wildman–Crippen MR) is 32.3 cm³/mol. The Morgan fingerprint density at radius 3 is 2.43 bits per heavy atom. The minimum atomic E-state index is -0.602. The van der Waals surface area contributed by atoms with E-state index in [1.54, 1.807) is 0 Å². The molecule has 0 aromatic rings. The summed E-state index contributed by atoms with van der Waals surface area (Å²) in [7, 11) is -0.602. The molecule has 0 saturated carbocycles. The first kappa shape index (κ1) is 7.14. The maximum Gasteiger partial charge on any atom is 0.222 e. The van der Waals surface area contributed by atoms with Gasteiger partial charge in [0.1, 0.15) is 0 Å². The molecule has 0 spiro atoms. The summed E-state index contributed by atoms with van der Waals surface area (Å²) in [5.74, 6) is 0. The first-order valence-electron chi connectivity index (χ1n) is 2.46. The molecule has 0 bridgehead atoms. The van der Waals surface area contributed by atoms with E-state index in [9.17, 15) is 0 Å². The van der Waals surface area contributed by atoms with Crippen LogP contribution in [0.2, 0.25) is 6.55 Å². The van der Waals surface area contributed by atoms with Crippen LogP contribution in [-0.4, -0.2) is 21.8 Å². The summed E-state index contributed by atoms with van der Waals surface area (Å²) in [6.45, 7) is 4.86. The number of rotatable bonds is 3. The van der Waals surface area contributed by atoms with Crippen LogP contribution in [0.4, 0.5) is 0 Å². The van der Waals surface area contributed by atoms with E-state index in [0.717, 1.165) is 12.8 Å². The number of nitrogens with two attached hydrogens (primary N) is 1. The number of hydrogen-bond acceptors (Lipinski definition) is 2. The van der Waals surface area contributed by atoms with E-state index in [-0.39, 0.29) is 0 Å². The van der Waals surface area contributed by atoms with E-state index < -0.39 is 9.04 Å². The fourth-order valence-corrected chi connectivity index (χ4v) is 0.916. The molecule has 0 aromatic carbocycles. The van der Waals surface area contributed by atoms with Crippen LogP contribution in [0.25, 0.3) is 0 Å². The van der Waals surface area contributed by atoms with Crippen LogP contribution in [-0.2, 0) is 4.43 Å². The van der Waals surface area contributed by atoms with E-state index >= 15 is 0 Å². The van der Waals surface area contributed by atoms with Gasteiger partial charge in [-0.25, -0.2) is 0 Å². The van der Waals surface area contributed by atoms with E-state index in [1.807, 2.05) is 6.92 Å². The molecule has 2 N–H and O–H groups in total. The van der Waals surface area contributed by atoms with Gasteiger partial charge in [-0.2, -0.15) is 0 Å². The van der Waals surface area contributed by atoms with Crippen LogP contribution in [0.3, 0.4) is 0 Å². The second-order valence-electron chi connectivity index (χ2n) is 1.34. The Labute approximate surface area is 46.4 Å². The van der Waals surface area contributed by atoms with E-state index in [0.29, 0.717) is 0 Å². The van der Waals surface area contributed by atoms with Crippen molar-refractivity contribution in [2.75, 3.05) is 12.8 Å². The zero-order chi connectivity index (χ0) is 5.70. The van der Waals surface area contributed by atoms with Gasteiger partial charge < -0.3 is 10.2 Å². The van der Waals surface area contributed by atoms with Crippen LogP contribution in [0.1, 0.15) is 6.92 Å². The minimum Gasteiger partial charge on any atom is -0.416 e. The molecule has 3 heteroatoms. The van der Waals surface area contributed by atoms with Crippen molar-refractivity contribution in [1.82, 2.24) is 0 Å². The zero-order valence-corrected chi connectivity index (χ0v) is 5.90. The van der Waals surface area contributed by atoms with Gasteiger partial charge in [0.15, 0.2) is 0 Å². The van der Waals surface area contributed by atoms with Gasteiger partial charge in [-0.3, -0.25) is 0 Å². The molecule has 0 unspecified atom stereocenters. The second kappa shape index (κ2) is 4.30. The highest BCUT2D eigenvalue weighted by Crippen LogP contribution is 1.78. The van der Waals surface area contributed by atoms with Crippen LogP contribution in [0.15, 0.2) is 0 Å². The van der Waals surface area contributed by atoms with Gasteiger partial charge in [0, 0.05) is 12.8 Å². The fraction of sp³-hybridized carbons (Fsp3) is 1.00. The Morgan fingerprint density at radius 1 is 1.71 bits per heavy atom. The van der Waals surface area contributed by atoms with Crippen LogP contribution < -0.4 is 5.73 Å². The molecule has 0 aliphatic carbocycles. The summed E-state index contributed by atoms with van der Waals surface area (Å²) in [5, 5.41) is 0. The SMILES string of the molecule is CCO[Si](C)CN. The first-order valence-corrected chi connectivity index (χ1v) is 4.58. The summed E-state index contributed by atoms with van der Waals surface area (Å²) < 4.78 is 5.17. The van der Waals surface area contributed by atoms with Crippen molar-refractivity contribution in [3.05, 3.63) is 0 Å². The maximum atomic E-state index is 5.28. The summed E-state index contributed by atoms with van der Waals surface area (Å²) in [4.78, 5) is 0. The van der Waals surface area contributed by atoms with E-state index in [4.69, 9.17) is 10.2 Å². The third-order valence-electron chi connectivity index (χ3n) is 0.678. The van der Waals surface area contributed by atoms with Crippen molar-refractivity contribution < 1.29 is 4.43 Å². The van der Waals surface area contributed by atoms with Crippen molar-refractivity contribution in [3.63, 3.8) is 0 Å². The third-order valence-corrected chi connectivity index (χ3v) is 2.03. The minimum absolute atomic E-state index is 0.602. The number of hydrogen-bond donors (Lipinski definition) is 1. The van der Waals surface area contributed by atoms with Crippen LogP contribution >= 0.6 is 0 Å². The van der Waals surface area contributed by atoms with Gasteiger partial charge in [-0.1, -0.05) is 0 Å². The van der Waals surface area contributed by atoms with E-state index in [1.165, 1.54) is 0 Å². The largest absolute Gasteiger partial charge is 0.416 e. The molecule has 0 aliphatic rings. The van der Waals surface area contributed by atoms with Crippen molar-refractivity contribution in [2.24, 2.45) is 5.73 Å². The fourth-order valence-electron chi connectivity index (χ4n) is 0.305. The van der Waals surface area contributed by atoms with Gasteiger partial charge in [-0.15, -0.1) is 0 Å². The van der Waals surface area contributed by atoms with Crippen LogP contribution in [0, 0.1) is 0 Å². The topological polar surface area (TPSA) is 35.2 Å². The van der Waals surface area contributed by atoms with Crippen LogP contribution in [0.5, 0.6) is 0 Å². The molecule has 0 rings (SSSR count). The molecular formula is C4H12NOSi. The molecule has 0 atom stereocenters. The molecule has 43 valence electrons. The van der Waals surface area contributed by atoms with Gasteiger partial charge in [-0.05, 0) is 13.5 Å². The molecule has 2 nitrogen and oxygen atoms in total. The highest BCUT2D eigenvalue weighted by atomic mass is 28.3. The normalized spacial score (nSPS) is 10.3.